The molecule has 0 aromatic carbocycles. The van der Waals surface area contributed by atoms with Gasteiger partial charge in [-0.2, -0.15) is 11.8 Å². The molecule has 0 saturated carbocycles. The zero-order valence-corrected chi connectivity index (χ0v) is 14.8. The summed E-state index contributed by atoms with van der Waals surface area (Å²) in [6, 6.07) is 0.495. The molecule has 0 bridgehead atoms. The van der Waals surface area contributed by atoms with Crippen LogP contribution in [0.4, 0.5) is 0 Å². The molecule has 0 aliphatic carbocycles. The molecule has 114 valence electrons. The van der Waals surface area contributed by atoms with E-state index in [4.69, 9.17) is 9.72 Å². The Balaban J connectivity index is 2.21. The second-order valence-electron chi connectivity index (χ2n) is 6.54. The minimum absolute atomic E-state index is 0.0878. The van der Waals surface area contributed by atoms with E-state index in [-0.39, 0.29) is 11.5 Å². The van der Waals surface area contributed by atoms with E-state index in [1.807, 2.05) is 23.1 Å². The van der Waals surface area contributed by atoms with Gasteiger partial charge in [0.1, 0.15) is 11.1 Å². The molecule has 0 amide bonds. The highest BCUT2D eigenvalue weighted by Gasteiger charge is 2.27. The number of hydrogen-bond acceptors (Lipinski definition) is 5. The van der Waals surface area contributed by atoms with E-state index >= 15 is 0 Å². The molecule has 1 unspecified atom stereocenters. The summed E-state index contributed by atoms with van der Waals surface area (Å²) in [5.74, 6) is 2.14. The van der Waals surface area contributed by atoms with Crippen molar-refractivity contribution >= 4 is 23.1 Å². The molecule has 1 N–H and O–H groups in total. The summed E-state index contributed by atoms with van der Waals surface area (Å²) < 4.78 is 5.88. The third kappa shape index (κ3) is 4.20. The maximum absolute atomic E-state index is 5.88. The van der Waals surface area contributed by atoms with Crippen LogP contribution < -0.4 is 5.32 Å². The normalized spacial score (nSPS) is 20.6. The van der Waals surface area contributed by atoms with Crippen molar-refractivity contribution in [1.29, 1.82) is 0 Å². The van der Waals surface area contributed by atoms with Crippen molar-refractivity contribution in [2.24, 2.45) is 0 Å². The molecule has 2 rings (SSSR count). The van der Waals surface area contributed by atoms with Gasteiger partial charge in [-0.05, 0) is 0 Å². The van der Waals surface area contributed by atoms with Gasteiger partial charge >= 0.3 is 0 Å². The van der Waals surface area contributed by atoms with Crippen molar-refractivity contribution in [3.8, 4) is 0 Å². The lowest BCUT2D eigenvalue weighted by Crippen LogP contribution is -2.24. The Bertz CT molecular complexity index is 432. The zero-order valence-electron chi connectivity index (χ0n) is 13.2. The Morgan fingerprint density at radius 3 is 2.70 bits per heavy atom. The summed E-state index contributed by atoms with van der Waals surface area (Å²) in [4.78, 5) is 6.28. The van der Waals surface area contributed by atoms with Crippen LogP contribution in [0.3, 0.4) is 0 Å². The van der Waals surface area contributed by atoms with E-state index in [0.29, 0.717) is 6.04 Å². The first-order chi connectivity index (χ1) is 9.38. The second-order valence-corrected chi connectivity index (χ2v) is 8.81. The quantitative estimate of drug-likeness (QED) is 0.918. The van der Waals surface area contributed by atoms with Gasteiger partial charge in [0, 0.05) is 34.4 Å². The Hall–Kier alpha value is -0.100. The number of nitrogens with one attached hydrogen (secondary N) is 1. The van der Waals surface area contributed by atoms with Gasteiger partial charge in [-0.1, -0.05) is 34.6 Å². The number of thioether (sulfide) groups is 1. The SMILES string of the molecule is CC(C)NCc1sc(C2CSCCO2)nc1C(C)(C)C. The molecule has 1 saturated heterocycles. The molecule has 1 aromatic rings. The van der Waals surface area contributed by atoms with Crippen LogP contribution >= 0.6 is 23.1 Å². The van der Waals surface area contributed by atoms with E-state index in [2.05, 4.69) is 39.9 Å². The van der Waals surface area contributed by atoms with Crippen LogP contribution in [0.2, 0.25) is 0 Å². The van der Waals surface area contributed by atoms with Crippen LogP contribution in [-0.2, 0) is 16.7 Å². The average Bonchev–Trinajstić information content (AvgIpc) is 2.81. The number of rotatable bonds is 4. The molecular weight excluding hydrogens is 288 g/mol. The van der Waals surface area contributed by atoms with Crippen LogP contribution in [0.1, 0.15) is 56.3 Å². The van der Waals surface area contributed by atoms with Crippen molar-refractivity contribution in [2.75, 3.05) is 18.1 Å². The number of aromatic nitrogens is 1. The second kappa shape index (κ2) is 6.77. The highest BCUT2D eigenvalue weighted by atomic mass is 32.2. The van der Waals surface area contributed by atoms with Crippen LogP contribution in [0.5, 0.6) is 0 Å². The van der Waals surface area contributed by atoms with E-state index in [0.717, 1.165) is 29.7 Å². The average molecular weight is 315 g/mol. The van der Waals surface area contributed by atoms with Crippen molar-refractivity contribution in [3.63, 3.8) is 0 Å². The van der Waals surface area contributed by atoms with Gasteiger partial charge in [0.05, 0.1) is 12.3 Å². The van der Waals surface area contributed by atoms with Crippen LogP contribution in [0, 0.1) is 0 Å². The fraction of sp³-hybridized carbons (Fsp3) is 0.800. The van der Waals surface area contributed by atoms with E-state index in [1.54, 1.807) is 0 Å². The first-order valence-electron chi connectivity index (χ1n) is 7.30. The molecule has 5 heteroatoms. The Kier molecular flexibility index (Phi) is 5.51. The summed E-state index contributed by atoms with van der Waals surface area (Å²) in [6.45, 7) is 12.8. The van der Waals surface area contributed by atoms with Crippen molar-refractivity contribution in [3.05, 3.63) is 15.6 Å². The third-order valence-electron chi connectivity index (χ3n) is 3.19. The maximum Gasteiger partial charge on any atom is 0.123 e. The summed E-state index contributed by atoms with van der Waals surface area (Å²) in [5.41, 5.74) is 1.31. The predicted molar refractivity (Wildman–Crippen MR) is 88.8 cm³/mol. The minimum atomic E-state index is 0.0878. The van der Waals surface area contributed by atoms with Gasteiger partial charge in [0.25, 0.3) is 0 Å². The standard InChI is InChI=1S/C15H26N2OS2/c1-10(2)16-8-12-13(15(3,4)5)17-14(20-12)11-9-19-7-6-18-11/h10-11,16H,6-9H2,1-5H3. The molecule has 0 radical (unpaired) electrons. The maximum atomic E-state index is 5.88. The number of ether oxygens (including phenoxy) is 1. The topological polar surface area (TPSA) is 34.1 Å². The summed E-state index contributed by atoms with van der Waals surface area (Å²) in [7, 11) is 0. The predicted octanol–water partition coefficient (Wildman–Crippen LogP) is 3.74. The third-order valence-corrected chi connectivity index (χ3v) is 5.33. The van der Waals surface area contributed by atoms with E-state index < -0.39 is 0 Å². The monoisotopic (exact) mass is 314 g/mol. The molecule has 1 aromatic heterocycles. The first kappa shape index (κ1) is 16.3. The van der Waals surface area contributed by atoms with Gasteiger partial charge in [-0.3, -0.25) is 0 Å². The van der Waals surface area contributed by atoms with Crippen LogP contribution in [0.25, 0.3) is 0 Å². The molecule has 1 aliphatic rings. The lowest BCUT2D eigenvalue weighted by molar-refractivity contribution is 0.0753. The smallest absolute Gasteiger partial charge is 0.123 e. The Morgan fingerprint density at radius 1 is 1.40 bits per heavy atom. The number of nitrogens with zero attached hydrogens (tertiary/aromatic N) is 1. The van der Waals surface area contributed by atoms with Crippen LogP contribution in [0.15, 0.2) is 0 Å². The fourth-order valence-corrected chi connectivity index (χ4v) is 4.37. The van der Waals surface area contributed by atoms with Gasteiger partial charge in [-0.15, -0.1) is 11.3 Å². The largest absolute Gasteiger partial charge is 0.369 e. The van der Waals surface area contributed by atoms with Gasteiger partial charge in [0.15, 0.2) is 0 Å². The molecule has 2 heterocycles. The minimum Gasteiger partial charge on any atom is -0.369 e. The lowest BCUT2D eigenvalue weighted by Gasteiger charge is -2.20. The van der Waals surface area contributed by atoms with Crippen molar-refractivity contribution in [2.45, 2.75) is 58.7 Å². The zero-order chi connectivity index (χ0) is 14.8. The molecule has 1 atom stereocenters. The molecule has 0 spiro atoms. The first-order valence-corrected chi connectivity index (χ1v) is 9.28. The summed E-state index contributed by atoms with van der Waals surface area (Å²) in [6.07, 6.45) is 0.188. The van der Waals surface area contributed by atoms with Gasteiger partial charge in [-0.25, -0.2) is 4.98 Å². The van der Waals surface area contributed by atoms with E-state index in [9.17, 15) is 0 Å². The molecule has 1 aliphatic heterocycles. The Labute approximate surface area is 130 Å². The molecule has 20 heavy (non-hydrogen) atoms. The highest BCUT2D eigenvalue weighted by Crippen LogP contribution is 2.35. The summed E-state index contributed by atoms with van der Waals surface area (Å²) in [5, 5.41) is 4.67. The molecule has 3 nitrogen and oxygen atoms in total. The molecule has 1 fully saturated rings. The van der Waals surface area contributed by atoms with Crippen molar-refractivity contribution in [1.82, 2.24) is 10.3 Å². The lowest BCUT2D eigenvalue weighted by atomic mass is 9.91. The van der Waals surface area contributed by atoms with Gasteiger partial charge in [0.2, 0.25) is 0 Å². The Morgan fingerprint density at radius 2 is 2.15 bits per heavy atom. The summed E-state index contributed by atoms with van der Waals surface area (Å²) >= 11 is 3.79. The van der Waals surface area contributed by atoms with E-state index in [1.165, 1.54) is 10.6 Å². The number of thiazole rings is 1. The van der Waals surface area contributed by atoms with Crippen molar-refractivity contribution < 1.29 is 4.74 Å². The number of hydrogen-bond donors (Lipinski definition) is 1. The molecular formula is C15H26N2OS2. The van der Waals surface area contributed by atoms with Crippen LogP contribution in [-0.4, -0.2) is 29.1 Å². The fourth-order valence-electron chi connectivity index (χ4n) is 2.14. The highest BCUT2D eigenvalue weighted by molar-refractivity contribution is 7.99. The van der Waals surface area contributed by atoms with Gasteiger partial charge < -0.3 is 10.1 Å².